The van der Waals surface area contributed by atoms with Crippen LogP contribution in [0.2, 0.25) is 0 Å². The van der Waals surface area contributed by atoms with Crippen LogP contribution in [0.25, 0.3) is 0 Å². The van der Waals surface area contributed by atoms with Gasteiger partial charge in [-0.1, -0.05) is 0 Å². The number of ether oxygens (including phenoxy) is 1. The van der Waals surface area contributed by atoms with Crippen molar-refractivity contribution in [3.8, 4) is 0 Å². The van der Waals surface area contributed by atoms with Crippen LogP contribution in [0.3, 0.4) is 0 Å². The summed E-state index contributed by atoms with van der Waals surface area (Å²) in [5, 5.41) is 3.29. The van der Waals surface area contributed by atoms with Gasteiger partial charge in [0.05, 0.1) is 12.5 Å². The van der Waals surface area contributed by atoms with Crippen LogP contribution in [0.5, 0.6) is 0 Å². The summed E-state index contributed by atoms with van der Waals surface area (Å²) < 4.78 is 4.99. The normalized spacial score (nSPS) is 38.6. The fourth-order valence-corrected chi connectivity index (χ4v) is 2.16. The second-order valence-electron chi connectivity index (χ2n) is 3.80. The lowest BCUT2D eigenvalue weighted by Crippen LogP contribution is -2.16. The summed E-state index contributed by atoms with van der Waals surface area (Å²) >= 11 is 0. The molecular weight excluding hydrogens is 154 g/mol. The molecule has 2 aliphatic rings. The molecule has 3 nitrogen and oxygen atoms in total. The number of carbonyl (C=O) groups is 1. The van der Waals surface area contributed by atoms with Gasteiger partial charge in [0.2, 0.25) is 0 Å². The average Bonchev–Trinajstić information content (AvgIpc) is 2.51. The smallest absolute Gasteiger partial charge is 0.309 e. The molecular formula is C9H15NO2. The van der Waals surface area contributed by atoms with Crippen LogP contribution in [0.4, 0.5) is 0 Å². The summed E-state index contributed by atoms with van der Waals surface area (Å²) in [5.41, 5.74) is 0.298. The van der Waals surface area contributed by atoms with Gasteiger partial charge >= 0.3 is 5.97 Å². The summed E-state index contributed by atoms with van der Waals surface area (Å²) in [6, 6.07) is 0. The van der Waals surface area contributed by atoms with Crippen molar-refractivity contribution < 1.29 is 9.53 Å². The van der Waals surface area contributed by atoms with Gasteiger partial charge in [0.15, 0.2) is 0 Å². The van der Waals surface area contributed by atoms with E-state index >= 15 is 0 Å². The van der Waals surface area contributed by atoms with E-state index in [1.165, 1.54) is 0 Å². The molecule has 0 aromatic heterocycles. The second kappa shape index (κ2) is 2.73. The molecule has 1 heterocycles. The highest BCUT2D eigenvalue weighted by Crippen LogP contribution is 2.56. The third-order valence-corrected chi connectivity index (χ3v) is 3.04. The average molecular weight is 169 g/mol. The lowest BCUT2D eigenvalue weighted by atomic mass is 10.0. The van der Waals surface area contributed by atoms with Gasteiger partial charge in [0.25, 0.3) is 0 Å². The van der Waals surface area contributed by atoms with Crippen LogP contribution in [0.15, 0.2) is 0 Å². The Hall–Kier alpha value is -0.570. The SMILES string of the molecule is CCOC(=O)[C@H]1C[C@@]12CCNC2. The first-order valence-electron chi connectivity index (χ1n) is 4.66. The van der Waals surface area contributed by atoms with E-state index in [4.69, 9.17) is 4.74 Å². The molecule has 0 radical (unpaired) electrons. The third-order valence-electron chi connectivity index (χ3n) is 3.04. The van der Waals surface area contributed by atoms with Crippen molar-refractivity contribution in [3.63, 3.8) is 0 Å². The Kier molecular flexibility index (Phi) is 1.83. The molecule has 0 aromatic rings. The number of rotatable bonds is 2. The molecule has 1 aliphatic carbocycles. The summed E-state index contributed by atoms with van der Waals surface area (Å²) in [5.74, 6) is 0.216. The number of hydrogen-bond donors (Lipinski definition) is 1. The number of hydrogen-bond acceptors (Lipinski definition) is 3. The zero-order valence-electron chi connectivity index (χ0n) is 7.43. The van der Waals surface area contributed by atoms with E-state index < -0.39 is 0 Å². The molecule has 2 atom stereocenters. The van der Waals surface area contributed by atoms with Gasteiger partial charge in [0, 0.05) is 6.54 Å². The fourth-order valence-electron chi connectivity index (χ4n) is 2.16. The largest absolute Gasteiger partial charge is 0.466 e. The minimum absolute atomic E-state index is 0.0150. The maximum atomic E-state index is 11.3. The molecule has 68 valence electrons. The first kappa shape index (κ1) is 8.05. The molecule has 0 bridgehead atoms. The van der Waals surface area contributed by atoms with Crippen LogP contribution in [0.1, 0.15) is 19.8 Å². The fraction of sp³-hybridized carbons (Fsp3) is 0.889. The van der Waals surface area contributed by atoms with Crippen LogP contribution in [-0.4, -0.2) is 25.7 Å². The molecule has 2 rings (SSSR count). The van der Waals surface area contributed by atoms with E-state index in [1.54, 1.807) is 0 Å². The molecule has 1 N–H and O–H groups in total. The van der Waals surface area contributed by atoms with E-state index in [0.29, 0.717) is 12.0 Å². The Morgan fingerprint density at radius 1 is 1.75 bits per heavy atom. The maximum Gasteiger partial charge on any atom is 0.309 e. The molecule has 12 heavy (non-hydrogen) atoms. The van der Waals surface area contributed by atoms with Crippen LogP contribution < -0.4 is 5.32 Å². The van der Waals surface area contributed by atoms with E-state index in [2.05, 4.69) is 5.32 Å². The summed E-state index contributed by atoms with van der Waals surface area (Å²) in [6.07, 6.45) is 2.19. The predicted molar refractivity (Wildman–Crippen MR) is 44.7 cm³/mol. The molecule has 3 heteroatoms. The van der Waals surface area contributed by atoms with Crippen LogP contribution >= 0.6 is 0 Å². The van der Waals surface area contributed by atoms with Crippen molar-refractivity contribution in [2.75, 3.05) is 19.7 Å². The number of esters is 1. The highest BCUT2D eigenvalue weighted by molar-refractivity contribution is 5.77. The Balaban J connectivity index is 1.89. The van der Waals surface area contributed by atoms with Gasteiger partial charge in [0.1, 0.15) is 0 Å². The van der Waals surface area contributed by atoms with Crippen LogP contribution in [-0.2, 0) is 9.53 Å². The van der Waals surface area contributed by atoms with Crippen LogP contribution in [0, 0.1) is 11.3 Å². The van der Waals surface area contributed by atoms with Gasteiger partial charge < -0.3 is 10.1 Å². The Labute approximate surface area is 72.5 Å². The summed E-state index contributed by atoms with van der Waals surface area (Å²) in [4.78, 5) is 11.3. The van der Waals surface area contributed by atoms with Crippen molar-refractivity contribution in [3.05, 3.63) is 0 Å². The summed E-state index contributed by atoms with van der Waals surface area (Å²) in [6.45, 7) is 4.45. The maximum absolute atomic E-state index is 11.3. The zero-order chi connectivity index (χ0) is 8.60. The van der Waals surface area contributed by atoms with Gasteiger partial charge in [-0.15, -0.1) is 0 Å². The Morgan fingerprint density at radius 2 is 2.58 bits per heavy atom. The third kappa shape index (κ3) is 1.12. The molecule has 0 unspecified atom stereocenters. The first-order chi connectivity index (χ1) is 5.78. The minimum atomic E-state index is 0.0150. The molecule has 0 amide bonds. The highest BCUT2D eigenvalue weighted by atomic mass is 16.5. The van der Waals surface area contributed by atoms with E-state index in [0.717, 1.165) is 25.9 Å². The monoisotopic (exact) mass is 169 g/mol. The van der Waals surface area contributed by atoms with Crippen molar-refractivity contribution >= 4 is 5.97 Å². The van der Waals surface area contributed by atoms with E-state index in [1.807, 2.05) is 6.92 Å². The summed E-state index contributed by atoms with van der Waals surface area (Å²) in [7, 11) is 0. The molecule has 1 saturated carbocycles. The number of carbonyl (C=O) groups excluding carboxylic acids is 1. The topological polar surface area (TPSA) is 38.3 Å². The van der Waals surface area contributed by atoms with Crippen molar-refractivity contribution in [1.82, 2.24) is 5.32 Å². The van der Waals surface area contributed by atoms with E-state index in [9.17, 15) is 4.79 Å². The van der Waals surface area contributed by atoms with Crippen molar-refractivity contribution in [1.29, 1.82) is 0 Å². The van der Waals surface area contributed by atoms with Gasteiger partial charge in [-0.25, -0.2) is 0 Å². The lowest BCUT2D eigenvalue weighted by molar-refractivity contribution is -0.145. The predicted octanol–water partition coefficient (Wildman–Crippen LogP) is 0.549. The van der Waals surface area contributed by atoms with Gasteiger partial charge in [-0.2, -0.15) is 0 Å². The van der Waals surface area contributed by atoms with Crippen molar-refractivity contribution in [2.24, 2.45) is 11.3 Å². The van der Waals surface area contributed by atoms with Crippen molar-refractivity contribution in [2.45, 2.75) is 19.8 Å². The lowest BCUT2D eigenvalue weighted by Gasteiger charge is -2.05. The molecule has 0 aromatic carbocycles. The Bertz CT molecular complexity index is 197. The zero-order valence-corrected chi connectivity index (χ0v) is 7.43. The minimum Gasteiger partial charge on any atom is -0.466 e. The van der Waals surface area contributed by atoms with Gasteiger partial charge in [-0.05, 0) is 31.7 Å². The molecule has 2 fully saturated rings. The number of nitrogens with one attached hydrogen (secondary N) is 1. The molecule has 1 spiro atoms. The quantitative estimate of drug-likeness (QED) is 0.613. The molecule has 1 saturated heterocycles. The molecule has 1 aliphatic heterocycles. The van der Waals surface area contributed by atoms with Gasteiger partial charge in [-0.3, -0.25) is 4.79 Å². The highest BCUT2D eigenvalue weighted by Gasteiger charge is 2.59. The standard InChI is InChI=1S/C9H15NO2/c1-2-12-8(11)7-5-9(7)3-4-10-6-9/h7,10H,2-6H2,1H3/t7-,9-/m1/s1. The second-order valence-corrected chi connectivity index (χ2v) is 3.80. The first-order valence-corrected chi connectivity index (χ1v) is 4.66. The Morgan fingerprint density at radius 3 is 3.17 bits per heavy atom. The van der Waals surface area contributed by atoms with E-state index in [-0.39, 0.29) is 11.9 Å².